The van der Waals surface area contributed by atoms with E-state index in [-0.39, 0.29) is 22.9 Å². The van der Waals surface area contributed by atoms with Crippen LogP contribution in [0.25, 0.3) is 16.2 Å². The minimum Gasteiger partial charge on any atom is -0.305 e. The lowest BCUT2D eigenvalue weighted by atomic mass is 10.2. The quantitative estimate of drug-likeness (QED) is 0.465. The van der Waals surface area contributed by atoms with E-state index in [1.165, 1.54) is 23.6 Å². The van der Waals surface area contributed by atoms with Crippen LogP contribution in [0.3, 0.4) is 0 Å². The van der Waals surface area contributed by atoms with Gasteiger partial charge in [0.25, 0.3) is 5.91 Å². The van der Waals surface area contributed by atoms with Gasteiger partial charge in [0.2, 0.25) is 0 Å². The largest absolute Gasteiger partial charge is 0.433 e. The van der Waals surface area contributed by atoms with Crippen molar-refractivity contribution in [2.45, 2.75) is 6.18 Å². The molecule has 6 nitrogen and oxygen atoms in total. The minimum absolute atomic E-state index is 0.0767. The molecule has 28 heavy (non-hydrogen) atoms. The van der Waals surface area contributed by atoms with Gasteiger partial charge >= 0.3 is 6.18 Å². The van der Waals surface area contributed by atoms with Crippen LogP contribution in [0.15, 0.2) is 52.4 Å². The highest BCUT2D eigenvalue weighted by Crippen LogP contribution is 2.33. The Bertz CT molecular complexity index is 1160. The first-order valence-electron chi connectivity index (χ1n) is 7.76. The zero-order chi connectivity index (χ0) is 19.9. The Hall–Kier alpha value is -2.79. The summed E-state index contributed by atoms with van der Waals surface area (Å²) in [5, 5.41) is 8.04. The van der Waals surface area contributed by atoms with Crippen LogP contribution < -0.4 is 5.32 Å². The number of halogens is 4. The second-order valence-corrected chi connectivity index (χ2v) is 7.48. The third-order valence-corrected chi connectivity index (χ3v) is 5.05. The molecule has 0 spiro atoms. The van der Waals surface area contributed by atoms with Crippen LogP contribution in [0, 0.1) is 0 Å². The Labute approximate surface area is 168 Å². The fraction of sp³-hybridized carbons (Fsp3) is 0.0588. The van der Waals surface area contributed by atoms with Crippen LogP contribution in [-0.4, -0.2) is 25.5 Å². The van der Waals surface area contributed by atoms with Crippen LogP contribution in [0.4, 0.5) is 19.0 Å². The summed E-state index contributed by atoms with van der Waals surface area (Å²) in [6.07, 6.45) is -3.18. The van der Waals surface area contributed by atoms with Crippen molar-refractivity contribution in [1.29, 1.82) is 0 Å². The van der Waals surface area contributed by atoms with E-state index in [1.54, 1.807) is 29.6 Å². The fourth-order valence-corrected chi connectivity index (χ4v) is 3.39. The number of rotatable bonds is 3. The summed E-state index contributed by atoms with van der Waals surface area (Å²) in [5.74, 6) is -0.445. The third-order valence-electron chi connectivity index (χ3n) is 3.69. The Morgan fingerprint density at radius 2 is 2.04 bits per heavy atom. The Kier molecular flexibility index (Phi) is 4.63. The van der Waals surface area contributed by atoms with E-state index in [9.17, 15) is 18.0 Å². The first kappa shape index (κ1) is 18.6. The second-order valence-electron chi connectivity index (χ2n) is 5.62. The van der Waals surface area contributed by atoms with Crippen molar-refractivity contribution in [2.24, 2.45) is 0 Å². The molecule has 0 saturated carbocycles. The third kappa shape index (κ3) is 3.62. The first-order chi connectivity index (χ1) is 13.3. The molecule has 0 unspecified atom stereocenters. The monoisotopic (exact) mass is 467 g/mol. The van der Waals surface area contributed by atoms with Gasteiger partial charge in [-0.05, 0) is 45.6 Å². The number of carbonyl (C=O) groups excluding carboxylic acids is 1. The predicted molar refractivity (Wildman–Crippen MR) is 101 cm³/mol. The number of amides is 1. The van der Waals surface area contributed by atoms with Crippen molar-refractivity contribution < 1.29 is 18.0 Å². The van der Waals surface area contributed by atoms with Crippen molar-refractivity contribution >= 4 is 44.6 Å². The molecule has 0 aliphatic heterocycles. The first-order valence-corrected chi connectivity index (χ1v) is 9.43. The Morgan fingerprint density at radius 3 is 2.68 bits per heavy atom. The average Bonchev–Trinajstić information content (AvgIpc) is 3.31. The second kappa shape index (κ2) is 6.99. The van der Waals surface area contributed by atoms with Crippen molar-refractivity contribution in [3.63, 3.8) is 0 Å². The molecule has 0 aliphatic carbocycles. The summed E-state index contributed by atoms with van der Waals surface area (Å²) in [7, 11) is 0. The smallest absolute Gasteiger partial charge is 0.305 e. The van der Waals surface area contributed by atoms with Gasteiger partial charge in [-0.2, -0.15) is 18.3 Å². The van der Waals surface area contributed by atoms with Crippen molar-refractivity contribution in [1.82, 2.24) is 19.6 Å². The number of hydrogen-bond acceptors (Lipinski definition) is 5. The summed E-state index contributed by atoms with van der Waals surface area (Å²) in [4.78, 5) is 21.2. The molecule has 1 N–H and O–H groups in total. The molecule has 142 valence electrons. The normalized spacial score (nSPS) is 11.7. The molecule has 1 amide bonds. The van der Waals surface area contributed by atoms with Gasteiger partial charge in [-0.3, -0.25) is 4.79 Å². The molecule has 0 aromatic carbocycles. The maximum Gasteiger partial charge on any atom is 0.433 e. The average molecular weight is 468 g/mol. The van der Waals surface area contributed by atoms with E-state index in [0.717, 1.165) is 10.5 Å². The van der Waals surface area contributed by atoms with E-state index in [2.05, 4.69) is 36.3 Å². The Morgan fingerprint density at radius 1 is 1.21 bits per heavy atom. The van der Waals surface area contributed by atoms with Gasteiger partial charge in [0.1, 0.15) is 5.82 Å². The van der Waals surface area contributed by atoms with Crippen LogP contribution in [0.2, 0.25) is 0 Å². The van der Waals surface area contributed by atoms with Gasteiger partial charge in [-0.25, -0.2) is 14.5 Å². The standard InChI is InChI=1S/C17H9BrF3N5OS/c18-9-3-4-14(22-8-9)24-16(27)11-7-15-23-10(12-2-1-5-28-12)6-13(17(19,20)21)26(15)25-11/h1-8H,(H,22,24,27). The maximum atomic E-state index is 13.5. The van der Waals surface area contributed by atoms with Crippen molar-refractivity contribution in [3.05, 3.63) is 63.8 Å². The van der Waals surface area contributed by atoms with E-state index >= 15 is 0 Å². The Balaban J connectivity index is 1.77. The molecular weight excluding hydrogens is 459 g/mol. The van der Waals surface area contributed by atoms with Gasteiger partial charge in [-0.15, -0.1) is 11.3 Å². The molecular formula is C17H9BrF3N5OS. The number of nitrogens with zero attached hydrogens (tertiary/aromatic N) is 4. The molecule has 0 fully saturated rings. The van der Waals surface area contributed by atoms with Crippen LogP contribution in [-0.2, 0) is 6.18 Å². The molecule has 4 aromatic rings. The lowest BCUT2D eigenvalue weighted by molar-refractivity contribution is -0.142. The molecule has 4 aromatic heterocycles. The zero-order valence-corrected chi connectivity index (χ0v) is 16.1. The number of thiophene rings is 1. The topological polar surface area (TPSA) is 72.2 Å². The number of alkyl halides is 3. The maximum absolute atomic E-state index is 13.5. The van der Waals surface area contributed by atoms with E-state index in [1.807, 2.05) is 0 Å². The number of aromatic nitrogens is 4. The fourth-order valence-electron chi connectivity index (χ4n) is 2.47. The van der Waals surface area contributed by atoms with E-state index in [0.29, 0.717) is 9.39 Å². The molecule has 0 saturated heterocycles. The number of pyridine rings is 1. The lowest BCUT2D eigenvalue weighted by Crippen LogP contribution is -2.16. The highest BCUT2D eigenvalue weighted by atomic mass is 79.9. The van der Waals surface area contributed by atoms with Gasteiger partial charge in [-0.1, -0.05) is 6.07 Å². The predicted octanol–water partition coefficient (Wildman–Crippen LogP) is 4.89. The van der Waals surface area contributed by atoms with Crippen LogP contribution >= 0.6 is 27.3 Å². The molecule has 0 aliphatic rings. The van der Waals surface area contributed by atoms with Gasteiger partial charge in [0, 0.05) is 16.7 Å². The summed E-state index contributed by atoms with van der Waals surface area (Å²) < 4.78 is 41.9. The van der Waals surface area contributed by atoms with Crippen molar-refractivity contribution in [3.8, 4) is 10.6 Å². The number of carbonyl (C=O) groups is 1. The molecule has 0 radical (unpaired) electrons. The summed E-state index contributed by atoms with van der Waals surface area (Å²) >= 11 is 4.49. The summed E-state index contributed by atoms with van der Waals surface area (Å²) in [6.45, 7) is 0. The molecule has 0 bridgehead atoms. The zero-order valence-electron chi connectivity index (χ0n) is 13.7. The highest BCUT2D eigenvalue weighted by molar-refractivity contribution is 9.10. The lowest BCUT2D eigenvalue weighted by Gasteiger charge is -2.10. The van der Waals surface area contributed by atoms with E-state index < -0.39 is 17.8 Å². The summed E-state index contributed by atoms with van der Waals surface area (Å²) in [5.41, 5.74) is -1.13. The molecule has 4 heterocycles. The van der Waals surface area contributed by atoms with Crippen LogP contribution in [0.5, 0.6) is 0 Å². The number of nitrogens with one attached hydrogen (secondary N) is 1. The summed E-state index contributed by atoms with van der Waals surface area (Å²) in [6, 6.07) is 8.74. The molecule has 4 rings (SSSR count). The minimum atomic E-state index is -4.67. The van der Waals surface area contributed by atoms with Gasteiger partial charge in [0.15, 0.2) is 17.0 Å². The highest BCUT2D eigenvalue weighted by Gasteiger charge is 2.35. The van der Waals surface area contributed by atoms with Gasteiger partial charge < -0.3 is 5.32 Å². The number of fused-ring (bicyclic) bond motifs is 1. The van der Waals surface area contributed by atoms with E-state index in [4.69, 9.17) is 0 Å². The van der Waals surface area contributed by atoms with Crippen LogP contribution in [0.1, 0.15) is 16.2 Å². The number of hydrogen-bond donors (Lipinski definition) is 1. The molecule has 0 atom stereocenters. The van der Waals surface area contributed by atoms with Gasteiger partial charge in [0.05, 0.1) is 10.6 Å². The van der Waals surface area contributed by atoms with Crippen molar-refractivity contribution in [2.75, 3.05) is 5.32 Å². The SMILES string of the molecule is O=C(Nc1ccc(Br)cn1)c1cc2nc(-c3cccs3)cc(C(F)(F)F)n2n1. The number of anilines is 1. The molecule has 11 heteroatoms.